The third-order valence-corrected chi connectivity index (χ3v) is 10.8. The van der Waals surface area contributed by atoms with Gasteiger partial charge < -0.3 is 29.0 Å². The van der Waals surface area contributed by atoms with E-state index in [2.05, 4.69) is 12.2 Å². The van der Waals surface area contributed by atoms with Crippen molar-refractivity contribution in [3.63, 3.8) is 0 Å². The number of ether oxygens (including phenoxy) is 5. The van der Waals surface area contributed by atoms with Gasteiger partial charge in [-0.3, -0.25) is 24.0 Å². The van der Waals surface area contributed by atoms with Crippen LogP contribution in [0, 0.1) is 21.7 Å². The van der Waals surface area contributed by atoms with Gasteiger partial charge in [0.2, 0.25) is 5.91 Å². The van der Waals surface area contributed by atoms with Crippen LogP contribution >= 0.6 is 11.6 Å². The van der Waals surface area contributed by atoms with Gasteiger partial charge in [0.05, 0.1) is 32.9 Å². The summed E-state index contributed by atoms with van der Waals surface area (Å²) in [6.07, 6.45) is -6.45. The van der Waals surface area contributed by atoms with Crippen LogP contribution in [0.4, 0.5) is 0 Å². The first-order valence-electron chi connectivity index (χ1n) is 21.8. The summed E-state index contributed by atoms with van der Waals surface area (Å²) in [4.78, 5) is 68.8. The zero-order chi connectivity index (χ0) is 47.5. The van der Waals surface area contributed by atoms with Crippen molar-refractivity contribution < 1.29 is 47.7 Å². The number of nitrogens with one attached hydrogen (secondary N) is 1. The molecule has 1 fully saturated rings. The molecule has 346 valence electrons. The molecule has 2 aromatic heterocycles. The SMILES string of the molecule is CCc1ccc2c(-c3cccc(Cl)c3)c(CCC(=O)NC3OC(COC(=O)C(C)(C)C)C(OC(=O)C(C)(C)C)C(OC(=O)C(C)(C)C)C3OC(=O)C(C)(C)C)c(-c3ccccc3)nn12. The summed E-state index contributed by atoms with van der Waals surface area (Å²) in [6.45, 7) is 21.5. The zero-order valence-corrected chi connectivity index (χ0v) is 40.2. The second kappa shape index (κ2) is 19.5. The maximum Gasteiger partial charge on any atom is 0.311 e. The number of halogens is 1. The average Bonchev–Trinajstić information content (AvgIpc) is 3.62. The highest BCUT2D eigenvalue weighted by Crippen LogP contribution is 2.38. The fourth-order valence-electron chi connectivity index (χ4n) is 6.83. The van der Waals surface area contributed by atoms with Gasteiger partial charge >= 0.3 is 23.9 Å². The number of hydrogen-bond acceptors (Lipinski definition) is 11. The van der Waals surface area contributed by atoms with Gasteiger partial charge in [0.15, 0.2) is 24.5 Å². The van der Waals surface area contributed by atoms with Crippen LogP contribution in [-0.2, 0) is 60.5 Å². The maximum absolute atomic E-state index is 14.5. The summed E-state index contributed by atoms with van der Waals surface area (Å²) < 4.78 is 32.5. The molecule has 5 atom stereocenters. The van der Waals surface area contributed by atoms with E-state index in [1.165, 1.54) is 0 Å². The fourth-order valence-corrected chi connectivity index (χ4v) is 7.02. The van der Waals surface area contributed by atoms with Crippen LogP contribution in [0.3, 0.4) is 0 Å². The van der Waals surface area contributed by atoms with Crippen molar-refractivity contribution >= 4 is 46.9 Å². The first-order valence-corrected chi connectivity index (χ1v) is 22.2. The molecule has 1 saturated heterocycles. The predicted molar refractivity (Wildman–Crippen MR) is 244 cm³/mol. The Morgan fingerprint density at radius 3 is 1.78 bits per heavy atom. The highest BCUT2D eigenvalue weighted by molar-refractivity contribution is 6.30. The van der Waals surface area contributed by atoms with Gasteiger partial charge in [0.25, 0.3) is 0 Å². The Morgan fingerprint density at radius 1 is 0.688 bits per heavy atom. The van der Waals surface area contributed by atoms with Crippen LogP contribution in [0.2, 0.25) is 5.02 Å². The van der Waals surface area contributed by atoms with Gasteiger partial charge in [-0.2, -0.15) is 5.10 Å². The van der Waals surface area contributed by atoms with Crippen molar-refractivity contribution in [1.29, 1.82) is 0 Å². The molecular formula is C50H64ClN3O10. The molecule has 0 radical (unpaired) electrons. The van der Waals surface area contributed by atoms with E-state index in [1.54, 1.807) is 89.2 Å². The second-order valence-electron chi connectivity index (χ2n) is 20.4. The number of carbonyl (C=O) groups excluding carboxylic acids is 5. The van der Waals surface area contributed by atoms with Crippen LogP contribution in [0.15, 0.2) is 66.7 Å². The lowest BCUT2D eigenvalue weighted by molar-refractivity contribution is -0.264. The Morgan fingerprint density at radius 2 is 1.23 bits per heavy atom. The van der Waals surface area contributed by atoms with Crippen molar-refractivity contribution in [2.24, 2.45) is 21.7 Å². The molecule has 4 aromatic rings. The molecule has 0 saturated carbocycles. The van der Waals surface area contributed by atoms with Gasteiger partial charge in [-0.05, 0) is 131 Å². The number of hydrogen-bond donors (Lipinski definition) is 1. The maximum atomic E-state index is 14.5. The smallest absolute Gasteiger partial charge is 0.311 e. The van der Waals surface area contributed by atoms with Gasteiger partial charge in [0, 0.05) is 28.3 Å². The van der Waals surface area contributed by atoms with E-state index < -0.39 is 88.7 Å². The average molecular weight is 903 g/mol. The molecule has 14 heteroatoms. The van der Waals surface area contributed by atoms with E-state index in [0.717, 1.165) is 39.9 Å². The topological polar surface area (TPSA) is 161 Å². The number of rotatable bonds is 12. The Kier molecular flexibility index (Phi) is 15.1. The fraction of sp³-hybridized carbons (Fsp3) is 0.520. The van der Waals surface area contributed by atoms with Crippen molar-refractivity contribution in [1.82, 2.24) is 14.9 Å². The monoisotopic (exact) mass is 901 g/mol. The van der Waals surface area contributed by atoms with Gasteiger partial charge in [-0.1, -0.05) is 61.0 Å². The minimum Gasteiger partial charge on any atom is -0.462 e. The van der Waals surface area contributed by atoms with E-state index in [0.29, 0.717) is 10.7 Å². The lowest BCUT2D eigenvalue weighted by atomic mass is 9.92. The third-order valence-electron chi connectivity index (χ3n) is 10.6. The first kappa shape index (κ1) is 49.7. The Labute approximate surface area is 381 Å². The number of benzene rings is 2. The van der Waals surface area contributed by atoms with Gasteiger partial charge in [-0.15, -0.1) is 0 Å². The molecule has 0 spiro atoms. The molecule has 2 aromatic carbocycles. The predicted octanol–water partition coefficient (Wildman–Crippen LogP) is 9.12. The Bertz CT molecular complexity index is 2350. The number of carbonyl (C=O) groups is 5. The van der Waals surface area contributed by atoms with E-state index in [9.17, 15) is 24.0 Å². The summed E-state index contributed by atoms with van der Waals surface area (Å²) >= 11 is 6.58. The molecular weight excluding hydrogens is 838 g/mol. The molecule has 1 aliphatic rings. The molecule has 1 aliphatic heterocycles. The standard InChI is InChI=1S/C50H64ClN3O10/c1-14-32-23-25-34-37(30-21-18-22-31(51)27-30)33(38(53-54(32)34)29-19-16-15-17-20-29)24-26-36(55)52-42-41(64-46(59)50(11,12)13)40(63-45(58)49(8,9)10)39(62-44(57)48(5,6)7)35(61-42)28-60-43(56)47(2,3)4/h15-23,25,27,35,39-42H,14,24,26,28H2,1-13H3,(H,52,55). The number of amides is 1. The van der Waals surface area contributed by atoms with E-state index in [4.69, 9.17) is 40.4 Å². The van der Waals surface area contributed by atoms with Crippen LogP contribution in [-0.4, -0.2) is 76.6 Å². The largest absolute Gasteiger partial charge is 0.462 e. The van der Waals surface area contributed by atoms with E-state index in [1.807, 2.05) is 65.2 Å². The number of aromatic nitrogens is 2. The number of aryl methyl sites for hydroxylation is 1. The van der Waals surface area contributed by atoms with Crippen LogP contribution in [0.5, 0.6) is 0 Å². The van der Waals surface area contributed by atoms with E-state index >= 15 is 0 Å². The van der Waals surface area contributed by atoms with Crippen molar-refractivity contribution in [2.45, 2.75) is 140 Å². The molecule has 1 amide bonds. The molecule has 1 N–H and O–H groups in total. The summed E-state index contributed by atoms with van der Waals surface area (Å²) in [5, 5.41) is 8.61. The number of nitrogens with zero attached hydrogens (tertiary/aromatic N) is 2. The normalized spacial score (nSPS) is 19.4. The summed E-state index contributed by atoms with van der Waals surface area (Å²) in [6, 6.07) is 21.3. The van der Waals surface area contributed by atoms with Crippen LogP contribution in [0.1, 0.15) is 108 Å². The molecule has 5 unspecified atom stereocenters. The second-order valence-corrected chi connectivity index (χ2v) is 20.9. The van der Waals surface area contributed by atoms with Crippen LogP contribution in [0.25, 0.3) is 27.9 Å². The Hall–Kier alpha value is -5.27. The Balaban J connectivity index is 1.61. The minimum absolute atomic E-state index is 0.106. The number of esters is 4. The summed E-state index contributed by atoms with van der Waals surface area (Å²) in [7, 11) is 0. The van der Waals surface area contributed by atoms with Crippen molar-refractivity contribution in [3.05, 3.63) is 83.0 Å². The van der Waals surface area contributed by atoms with Gasteiger partial charge in [0.1, 0.15) is 12.7 Å². The zero-order valence-electron chi connectivity index (χ0n) is 39.4. The molecule has 0 bridgehead atoms. The minimum atomic E-state index is -1.53. The molecule has 13 nitrogen and oxygen atoms in total. The van der Waals surface area contributed by atoms with Crippen molar-refractivity contribution in [3.8, 4) is 22.4 Å². The summed E-state index contributed by atoms with van der Waals surface area (Å²) in [5.41, 5.74) is 1.76. The van der Waals surface area contributed by atoms with Gasteiger partial charge in [-0.25, -0.2) is 4.52 Å². The van der Waals surface area contributed by atoms with Crippen LogP contribution < -0.4 is 5.32 Å². The highest BCUT2D eigenvalue weighted by Gasteiger charge is 2.55. The lowest BCUT2D eigenvalue weighted by Crippen LogP contribution is -2.67. The molecule has 3 heterocycles. The molecule has 64 heavy (non-hydrogen) atoms. The number of fused-ring (bicyclic) bond motifs is 1. The summed E-state index contributed by atoms with van der Waals surface area (Å²) in [5.74, 6) is -3.18. The lowest BCUT2D eigenvalue weighted by Gasteiger charge is -2.46. The quantitative estimate of drug-likeness (QED) is 0.107. The molecule has 5 rings (SSSR count). The third kappa shape index (κ3) is 11.9. The first-order chi connectivity index (χ1) is 29.7. The van der Waals surface area contributed by atoms with E-state index in [-0.39, 0.29) is 12.8 Å². The van der Waals surface area contributed by atoms with Crippen molar-refractivity contribution in [2.75, 3.05) is 6.61 Å². The molecule has 0 aliphatic carbocycles. The highest BCUT2D eigenvalue weighted by atomic mass is 35.5.